The van der Waals surface area contributed by atoms with Crippen LogP contribution in [-0.4, -0.2) is 13.4 Å². The van der Waals surface area contributed by atoms with Gasteiger partial charge in [0.2, 0.25) is 0 Å². The summed E-state index contributed by atoms with van der Waals surface area (Å²) in [6.45, 7) is 1.99. The average molecular weight is 299 g/mol. The summed E-state index contributed by atoms with van der Waals surface area (Å²) in [4.78, 5) is 0. The molecule has 6 heteroatoms. The van der Waals surface area contributed by atoms with Crippen molar-refractivity contribution in [2.24, 2.45) is 0 Å². The Morgan fingerprint density at radius 2 is 1.81 bits per heavy atom. The van der Waals surface area contributed by atoms with E-state index in [9.17, 15) is 13.2 Å². The molecule has 0 radical (unpaired) electrons. The molecular formula is C15H16F3NO2. The first-order chi connectivity index (χ1) is 9.93. The van der Waals surface area contributed by atoms with E-state index < -0.39 is 6.36 Å². The second-order valence-corrected chi connectivity index (χ2v) is 4.50. The van der Waals surface area contributed by atoms with Crippen LogP contribution in [0.5, 0.6) is 5.75 Å². The molecule has 0 aliphatic rings. The van der Waals surface area contributed by atoms with E-state index in [0.29, 0.717) is 0 Å². The van der Waals surface area contributed by atoms with E-state index in [-0.39, 0.29) is 11.8 Å². The molecule has 1 N–H and O–H groups in total. The highest BCUT2D eigenvalue weighted by Crippen LogP contribution is 2.27. The van der Waals surface area contributed by atoms with E-state index in [4.69, 9.17) is 4.42 Å². The van der Waals surface area contributed by atoms with Crippen LogP contribution in [0.3, 0.4) is 0 Å². The summed E-state index contributed by atoms with van der Waals surface area (Å²) in [5, 5.41) is 3.08. The molecule has 2 rings (SSSR count). The molecule has 0 spiro atoms. The van der Waals surface area contributed by atoms with E-state index >= 15 is 0 Å². The minimum atomic E-state index is -4.68. The molecule has 1 unspecified atom stereocenters. The van der Waals surface area contributed by atoms with Crippen LogP contribution in [0.25, 0.3) is 0 Å². The maximum Gasteiger partial charge on any atom is 0.573 e. The van der Waals surface area contributed by atoms with E-state index in [1.54, 1.807) is 19.2 Å². The van der Waals surface area contributed by atoms with E-state index in [2.05, 4.69) is 10.1 Å². The van der Waals surface area contributed by atoms with Gasteiger partial charge in [-0.1, -0.05) is 19.1 Å². The maximum atomic E-state index is 12.1. The van der Waals surface area contributed by atoms with Gasteiger partial charge < -0.3 is 14.5 Å². The lowest BCUT2D eigenvalue weighted by Gasteiger charge is -2.15. The van der Waals surface area contributed by atoms with Crippen LogP contribution in [0.4, 0.5) is 13.2 Å². The van der Waals surface area contributed by atoms with Gasteiger partial charge in [0, 0.05) is 6.42 Å². The SMILES string of the molecule is CCc1ccc(C(NC)c2ccc(OC(F)(F)F)cc2)o1. The summed E-state index contributed by atoms with van der Waals surface area (Å²) in [6.07, 6.45) is -3.89. The number of hydrogen-bond acceptors (Lipinski definition) is 3. The van der Waals surface area contributed by atoms with Gasteiger partial charge in [0.25, 0.3) is 0 Å². The lowest BCUT2D eigenvalue weighted by atomic mass is 10.0. The lowest BCUT2D eigenvalue weighted by molar-refractivity contribution is -0.274. The molecule has 0 amide bonds. The Morgan fingerprint density at radius 3 is 2.29 bits per heavy atom. The lowest BCUT2D eigenvalue weighted by Crippen LogP contribution is -2.18. The fraction of sp³-hybridized carbons (Fsp3) is 0.333. The average Bonchev–Trinajstić information content (AvgIpc) is 2.88. The van der Waals surface area contributed by atoms with E-state index in [1.165, 1.54) is 12.1 Å². The first-order valence-corrected chi connectivity index (χ1v) is 6.54. The quantitative estimate of drug-likeness (QED) is 0.904. The molecule has 1 aromatic carbocycles. The predicted octanol–water partition coefficient (Wildman–Crippen LogP) is 4.05. The van der Waals surface area contributed by atoms with E-state index in [0.717, 1.165) is 23.5 Å². The smallest absolute Gasteiger partial charge is 0.464 e. The normalized spacial score (nSPS) is 13.2. The van der Waals surface area contributed by atoms with Crippen molar-refractivity contribution in [3.05, 3.63) is 53.5 Å². The Morgan fingerprint density at radius 1 is 1.14 bits per heavy atom. The topological polar surface area (TPSA) is 34.4 Å². The van der Waals surface area contributed by atoms with E-state index in [1.807, 2.05) is 19.1 Å². The van der Waals surface area contributed by atoms with Crippen molar-refractivity contribution in [2.45, 2.75) is 25.7 Å². The van der Waals surface area contributed by atoms with Crippen molar-refractivity contribution < 1.29 is 22.3 Å². The summed E-state index contributed by atoms with van der Waals surface area (Å²) in [7, 11) is 1.76. The van der Waals surface area contributed by atoms with Crippen molar-refractivity contribution in [3.63, 3.8) is 0 Å². The molecule has 21 heavy (non-hydrogen) atoms. The van der Waals surface area contributed by atoms with Gasteiger partial charge in [0.1, 0.15) is 17.3 Å². The number of halogens is 3. The van der Waals surface area contributed by atoms with Gasteiger partial charge in [-0.15, -0.1) is 13.2 Å². The third-order valence-corrected chi connectivity index (χ3v) is 3.05. The van der Waals surface area contributed by atoms with Gasteiger partial charge >= 0.3 is 6.36 Å². The van der Waals surface area contributed by atoms with Gasteiger partial charge in [-0.05, 0) is 36.9 Å². The van der Waals surface area contributed by atoms with Gasteiger partial charge in [-0.3, -0.25) is 0 Å². The summed E-state index contributed by atoms with van der Waals surface area (Å²) in [5.41, 5.74) is 0.795. The molecule has 1 aromatic heterocycles. The number of nitrogens with one attached hydrogen (secondary N) is 1. The van der Waals surface area contributed by atoms with Crippen molar-refractivity contribution in [1.29, 1.82) is 0 Å². The molecular weight excluding hydrogens is 283 g/mol. The number of furan rings is 1. The summed E-state index contributed by atoms with van der Waals surface area (Å²) < 4.78 is 45.9. The number of benzene rings is 1. The fourth-order valence-electron chi connectivity index (χ4n) is 2.07. The Kier molecular flexibility index (Phi) is 4.57. The van der Waals surface area contributed by atoms with Crippen LogP contribution in [0.2, 0.25) is 0 Å². The molecule has 0 saturated heterocycles. The van der Waals surface area contributed by atoms with Crippen LogP contribution in [0, 0.1) is 0 Å². The van der Waals surface area contributed by atoms with Gasteiger partial charge in [-0.25, -0.2) is 0 Å². The van der Waals surface area contributed by atoms with Crippen molar-refractivity contribution >= 4 is 0 Å². The molecule has 1 heterocycles. The predicted molar refractivity (Wildman–Crippen MR) is 72.1 cm³/mol. The first kappa shape index (κ1) is 15.4. The fourth-order valence-corrected chi connectivity index (χ4v) is 2.07. The number of hydrogen-bond donors (Lipinski definition) is 1. The Balaban J connectivity index is 2.19. The van der Waals surface area contributed by atoms with Gasteiger partial charge in [-0.2, -0.15) is 0 Å². The second kappa shape index (κ2) is 6.22. The summed E-state index contributed by atoms with van der Waals surface area (Å²) in [5.74, 6) is 1.34. The third-order valence-electron chi connectivity index (χ3n) is 3.05. The molecule has 1 atom stereocenters. The highest BCUT2D eigenvalue weighted by Gasteiger charge is 2.31. The number of rotatable bonds is 5. The van der Waals surface area contributed by atoms with Crippen LogP contribution in [0.1, 0.15) is 30.0 Å². The van der Waals surface area contributed by atoms with Crippen LogP contribution in [0.15, 0.2) is 40.8 Å². The number of aryl methyl sites for hydroxylation is 1. The van der Waals surface area contributed by atoms with Crippen LogP contribution >= 0.6 is 0 Å². The molecule has 0 aliphatic carbocycles. The maximum absolute atomic E-state index is 12.1. The van der Waals surface area contributed by atoms with Crippen molar-refractivity contribution in [1.82, 2.24) is 5.32 Å². The summed E-state index contributed by atoms with van der Waals surface area (Å²) in [6, 6.07) is 9.27. The molecule has 0 bridgehead atoms. The van der Waals surface area contributed by atoms with Crippen LogP contribution < -0.4 is 10.1 Å². The van der Waals surface area contributed by atoms with Gasteiger partial charge in [0.05, 0.1) is 6.04 Å². The zero-order valence-electron chi connectivity index (χ0n) is 11.7. The third kappa shape index (κ3) is 4.01. The Bertz CT molecular complexity index is 575. The molecule has 114 valence electrons. The monoisotopic (exact) mass is 299 g/mol. The Labute approximate surface area is 120 Å². The molecule has 0 aliphatic heterocycles. The van der Waals surface area contributed by atoms with Crippen LogP contribution in [-0.2, 0) is 6.42 Å². The zero-order chi connectivity index (χ0) is 15.5. The van der Waals surface area contributed by atoms with Crippen molar-refractivity contribution in [2.75, 3.05) is 7.05 Å². The number of ether oxygens (including phenoxy) is 1. The standard InChI is InChI=1S/C15H16F3NO2/c1-3-11-8-9-13(20-11)14(19-2)10-4-6-12(7-5-10)21-15(16,17)18/h4-9,14,19H,3H2,1-2H3. The van der Waals surface area contributed by atoms with Gasteiger partial charge in [0.15, 0.2) is 0 Å². The molecule has 2 aromatic rings. The first-order valence-electron chi connectivity index (χ1n) is 6.54. The Hall–Kier alpha value is -1.95. The summed E-state index contributed by atoms with van der Waals surface area (Å²) >= 11 is 0. The molecule has 0 fully saturated rings. The minimum Gasteiger partial charge on any atom is -0.464 e. The van der Waals surface area contributed by atoms with Crippen molar-refractivity contribution in [3.8, 4) is 5.75 Å². The molecule has 0 saturated carbocycles. The second-order valence-electron chi connectivity index (χ2n) is 4.50. The number of alkyl halides is 3. The molecule has 3 nitrogen and oxygen atoms in total. The highest BCUT2D eigenvalue weighted by molar-refractivity contribution is 5.33. The highest BCUT2D eigenvalue weighted by atomic mass is 19.4. The zero-order valence-corrected chi connectivity index (χ0v) is 11.7. The minimum absolute atomic E-state index is 0.217. The largest absolute Gasteiger partial charge is 0.573 e.